The highest BCUT2D eigenvalue weighted by molar-refractivity contribution is 5.84. The van der Waals surface area contributed by atoms with Crippen molar-refractivity contribution in [3.05, 3.63) is 0 Å². The van der Waals surface area contributed by atoms with Gasteiger partial charge < -0.3 is 16.2 Å². The zero-order valence-corrected chi connectivity index (χ0v) is 8.15. The molecule has 2 atom stereocenters. The van der Waals surface area contributed by atoms with Crippen LogP contribution in [0.25, 0.3) is 0 Å². The molecule has 0 spiro atoms. The van der Waals surface area contributed by atoms with Crippen molar-refractivity contribution in [3.63, 3.8) is 0 Å². The van der Waals surface area contributed by atoms with Gasteiger partial charge in [0.15, 0.2) is 0 Å². The van der Waals surface area contributed by atoms with Gasteiger partial charge in [-0.3, -0.25) is 14.4 Å². The lowest BCUT2D eigenvalue weighted by Crippen LogP contribution is -2.45. The second-order valence-electron chi connectivity index (χ2n) is 2.95. The van der Waals surface area contributed by atoms with Gasteiger partial charge in [0, 0.05) is 6.92 Å². The Bertz CT molecular complexity index is 236. The molecule has 0 saturated heterocycles. The number of nitrogens with two attached hydrogens (primary N) is 2. The molecule has 0 bridgehead atoms. The van der Waals surface area contributed by atoms with Crippen LogP contribution in [0.3, 0.4) is 0 Å². The summed E-state index contributed by atoms with van der Waals surface area (Å²) in [5.41, 5.74) is 10.3. The Hall–Kier alpha value is -1.43. The Balaban J connectivity index is 4.45. The number of carbonyl (C=O) groups is 3. The summed E-state index contributed by atoms with van der Waals surface area (Å²) in [5, 5.41) is 0. The molecule has 0 rings (SSSR count). The fourth-order valence-corrected chi connectivity index (χ4v) is 0.915. The van der Waals surface area contributed by atoms with Crippen LogP contribution in [0.1, 0.15) is 20.3 Å². The van der Waals surface area contributed by atoms with Crippen LogP contribution in [0.15, 0.2) is 0 Å². The van der Waals surface area contributed by atoms with Crippen LogP contribution in [0, 0.1) is 0 Å². The lowest BCUT2D eigenvalue weighted by Gasteiger charge is -2.19. The Morgan fingerprint density at radius 3 is 2.07 bits per heavy atom. The zero-order chi connectivity index (χ0) is 11.3. The summed E-state index contributed by atoms with van der Waals surface area (Å²) in [4.78, 5) is 32.1. The van der Waals surface area contributed by atoms with E-state index in [0.29, 0.717) is 0 Å². The molecule has 0 aromatic carbocycles. The molecule has 6 nitrogen and oxygen atoms in total. The van der Waals surface area contributed by atoms with Gasteiger partial charge >= 0.3 is 5.97 Å². The molecular weight excluding hydrogens is 188 g/mol. The molecule has 4 N–H and O–H groups in total. The van der Waals surface area contributed by atoms with Crippen molar-refractivity contribution in [1.29, 1.82) is 0 Å². The van der Waals surface area contributed by atoms with Crippen molar-refractivity contribution in [2.75, 3.05) is 0 Å². The number of rotatable bonds is 5. The molecule has 2 unspecified atom stereocenters. The molecule has 0 heterocycles. The molecule has 80 valence electrons. The Morgan fingerprint density at radius 1 is 1.29 bits per heavy atom. The van der Waals surface area contributed by atoms with Gasteiger partial charge in [0.2, 0.25) is 5.91 Å². The Morgan fingerprint density at radius 2 is 1.79 bits per heavy atom. The minimum atomic E-state index is -1.01. The fourth-order valence-electron chi connectivity index (χ4n) is 0.915. The monoisotopic (exact) mass is 202 g/mol. The summed E-state index contributed by atoms with van der Waals surface area (Å²) in [6, 6.07) is -1.01. The molecule has 0 radical (unpaired) electrons. The van der Waals surface area contributed by atoms with E-state index in [-0.39, 0.29) is 12.2 Å². The van der Waals surface area contributed by atoms with Crippen molar-refractivity contribution >= 4 is 17.7 Å². The molecule has 0 aromatic rings. The van der Waals surface area contributed by atoms with E-state index in [1.54, 1.807) is 0 Å². The lowest BCUT2D eigenvalue weighted by molar-refractivity contribution is -0.149. The highest BCUT2D eigenvalue weighted by Gasteiger charge is 2.26. The molecule has 1 amide bonds. The van der Waals surface area contributed by atoms with Gasteiger partial charge in [0.25, 0.3) is 0 Å². The summed E-state index contributed by atoms with van der Waals surface area (Å²) >= 11 is 0. The number of esters is 1. The number of ketones is 1. The van der Waals surface area contributed by atoms with E-state index in [1.165, 1.54) is 13.8 Å². The number of hydrogen-bond acceptors (Lipinski definition) is 5. The predicted molar refractivity (Wildman–Crippen MR) is 48.0 cm³/mol. The highest BCUT2D eigenvalue weighted by atomic mass is 16.5. The maximum absolute atomic E-state index is 10.9. The predicted octanol–water partition coefficient (Wildman–Crippen LogP) is -1.29. The Kier molecular flexibility index (Phi) is 4.79. The zero-order valence-electron chi connectivity index (χ0n) is 8.15. The van der Waals surface area contributed by atoms with E-state index >= 15 is 0 Å². The average molecular weight is 202 g/mol. The van der Waals surface area contributed by atoms with Crippen LogP contribution in [-0.4, -0.2) is 29.8 Å². The highest BCUT2D eigenvalue weighted by Crippen LogP contribution is 2.04. The maximum Gasteiger partial charge on any atom is 0.302 e. The molecule has 14 heavy (non-hydrogen) atoms. The molecule has 0 fully saturated rings. The largest absolute Gasteiger partial charge is 0.460 e. The number of Topliss-reactive ketones (excluding diaryl/α,β-unsaturated/α-hetero) is 1. The summed E-state index contributed by atoms with van der Waals surface area (Å²) in [6.45, 7) is 2.42. The molecule has 0 aliphatic carbocycles. The van der Waals surface area contributed by atoms with Crippen molar-refractivity contribution in [2.24, 2.45) is 11.5 Å². The third-order valence-corrected chi connectivity index (χ3v) is 1.59. The second-order valence-corrected chi connectivity index (χ2v) is 2.95. The topological polar surface area (TPSA) is 112 Å². The van der Waals surface area contributed by atoms with Gasteiger partial charge in [-0.05, 0) is 6.92 Å². The van der Waals surface area contributed by atoms with Crippen LogP contribution in [0.2, 0.25) is 0 Å². The standard InChI is InChI=1S/C8H14N2O4/c1-4(11)8(10)6(3-7(9)13)14-5(2)12/h6,8H,3,10H2,1-2H3,(H2,9,13). The first-order valence-corrected chi connectivity index (χ1v) is 4.06. The smallest absolute Gasteiger partial charge is 0.302 e. The summed E-state index contributed by atoms with van der Waals surface area (Å²) in [7, 11) is 0. The molecule has 0 aromatic heterocycles. The number of carbonyl (C=O) groups excluding carboxylic acids is 3. The van der Waals surface area contributed by atoms with Gasteiger partial charge in [-0.15, -0.1) is 0 Å². The summed E-state index contributed by atoms with van der Waals surface area (Å²) in [5.74, 6) is -1.64. The van der Waals surface area contributed by atoms with Crippen LogP contribution in [-0.2, 0) is 19.1 Å². The number of primary amides is 1. The van der Waals surface area contributed by atoms with Crippen molar-refractivity contribution < 1.29 is 19.1 Å². The van der Waals surface area contributed by atoms with Crippen molar-refractivity contribution in [1.82, 2.24) is 0 Å². The molecular formula is C8H14N2O4. The van der Waals surface area contributed by atoms with Crippen LogP contribution in [0.5, 0.6) is 0 Å². The van der Waals surface area contributed by atoms with Crippen molar-refractivity contribution in [2.45, 2.75) is 32.4 Å². The van der Waals surface area contributed by atoms with E-state index in [0.717, 1.165) is 0 Å². The van der Waals surface area contributed by atoms with Gasteiger partial charge in [-0.2, -0.15) is 0 Å². The quantitative estimate of drug-likeness (QED) is 0.538. The third kappa shape index (κ3) is 4.56. The summed E-state index contributed by atoms with van der Waals surface area (Å²) in [6.07, 6.45) is -1.22. The minimum Gasteiger partial charge on any atom is -0.460 e. The van der Waals surface area contributed by atoms with E-state index in [4.69, 9.17) is 16.2 Å². The lowest BCUT2D eigenvalue weighted by atomic mass is 10.1. The summed E-state index contributed by atoms with van der Waals surface area (Å²) < 4.78 is 4.70. The fraction of sp³-hybridized carbons (Fsp3) is 0.625. The van der Waals surface area contributed by atoms with Crippen LogP contribution in [0.4, 0.5) is 0 Å². The first-order chi connectivity index (χ1) is 6.34. The van der Waals surface area contributed by atoms with Crippen LogP contribution < -0.4 is 11.5 Å². The normalized spacial score (nSPS) is 14.2. The first-order valence-electron chi connectivity index (χ1n) is 4.06. The first kappa shape index (κ1) is 12.6. The van der Waals surface area contributed by atoms with E-state index in [2.05, 4.69) is 0 Å². The maximum atomic E-state index is 10.9. The second kappa shape index (κ2) is 5.33. The molecule has 0 saturated carbocycles. The van der Waals surface area contributed by atoms with Gasteiger partial charge in [-0.25, -0.2) is 0 Å². The van der Waals surface area contributed by atoms with Crippen molar-refractivity contribution in [3.8, 4) is 0 Å². The van der Waals surface area contributed by atoms with E-state index in [9.17, 15) is 14.4 Å². The van der Waals surface area contributed by atoms with Gasteiger partial charge in [-0.1, -0.05) is 0 Å². The van der Waals surface area contributed by atoms with Gasteiger partial charge in [0.05, 0.1) is 6.42 Å². The average Bonchev–Trinajstić information content (AvgIpc) is 1.99. The molecule has 6 heteroatoms. The Labute approximate surface area is 81.6 Å². The third-order valence-electron chi connectivity index (χ3n) is 1.59. The van der Waals surface area contributed by atoms with Gasteiger partial charge in [0.1, 0.15) is 17.9 Å². The number of ether oxygens (including phenoxy) is 1. The SMILES string of the molecule is CC(=O)OC(CC(N)=O)C(N)C(C)=O. The molecule has 0 aliphatic rings. The van der Waals surface area contributed by atoms with Crippen LogP contribution >= 0.6 is 0 Å². The number of amides is 1. The van der Waals surface area contributed by atoms with E-state index in [1.807, 2.05) is 0 Å². The van der Waals surface area contributed by atoms with E-state index < -0.39 is 24.0 Å². The minimum absolute atomic E-state index is 0.250. The molecule has 0 aliphatic heterocycles. The number of hydrogen-bond donors (Lipinski definition) is 2.